The van der Waals surface area contributed by atoms with E-state index in [4.69, 9.17) is 34.3 Å². The first-order chi connectivity index (χ1) is 13.0. The highest BCUT2D eigenvalue weighted by Gasteiger charge is 2.09. The summed E-state index contributed by atoms with van der Waals surface area (Å²) < 4.78 is 0. The molecule has 0 aliphatic rings. The first-order valence-corrected chi connectivity index (χ1v) is 9.40. The van der Waals surface area contributed by atoms with Crippen LogP contribution in [0.5, 0.6) is 0 Å². The quantitative estimate of drug-likeness (QED) is 0.409. The van der Waals surface area contributed by atoms with Gasteiger partial charge in [0.2, 0.25) is 0 Å². The molecule has 5 heteroatoms. The minimum atomic E-state index is 0.0840. The molecule has 0 saturated carbocycles. The lowest BCUT2D eigenvalue weighted by atomic mass is 10.1. The number of hydrogen-bond acceptors (Lipinski definition) is 2. The van der Waals surface area contributed by atoms with Gasteiger partial charge in [0.05, 0.1) is 0 Å². The molecule has 0 atom stereocenters. The number of nitrogen functional groups attached to an aromatic ring is 1. The summed E-state index contributed by atoms with van der Waals surface area (Å²) in [6.07, 6.45) is 0. The Morgan fingerprint density at radius 2 is 1.00 bits per heavy atom. The number of benzene rings is 3. The van der Waals surface area contributed by atoms with E-state index in [1.165, 1.54) is 16.7 Å². The highest BCUT2D eigenvalue weighted by atomic mass is 35.5. The summed E-state index contributed by atoms with van der Waals surface area (Å²) in [5.74, 6) is 0.0840. The Hall–Kier alpha value is -2.33. The molecule has 3 aromatic rings. The van der Waals surface area contributed by atoms with Crippen molar-refractivity contribution in [2.24, 2.45) is 5.73 Å². The average molecular weight is 398 g/mol. The Morgan fingerprint density at radius 1 is 0.667 bits per heavy atom. The van der Waals surface area contributed by atoms with Crippen LogP contribution in [0.4, 0.5) is 0 Å². The third-order valence-electron chi connectivity index (χ3n) is 4.31. The largest absolute Gasteiger partial charge is 0.384 e. The van der Waals surface area contributed by atoms with E-state index in [0.717, 1.165) is 35.2 Å². The summed E-state index contributed by atoms with van der Waals surface area (Å²) in [5.41, 5.74) is 9.86. The summed E-state index contributed by atoms with van der Waals surface area (Å²) in [6.45, 7) is 2.38. The van der Waals surface area contributed by atoms with Gasteiger partial charge >= 0.3 is 0 Å². The average Bonchev–Trinajstić information content (AvgIpc) is 2.66. The Morgan fingerprint density at radius 3 is 1.33 bits per heavy atom. The zero-order valence-corrected chi connectivity index (χ0v) is 16.3. The van der Waals surface area contributed by atoms with Crippen LogP contribution in [0.1, 0.15) is 22.3 Å². The van der Waals surface area contributed by atoms with Gasteiger partial charge in [-0.2, -0.15) is 0 Å². The number of nitrogens with one attached hydrogen (secondary N) is 1. The Labute approximate surface area is 169 Å². The summed E-state index contributed by atoms with van der Waals surface area (Å²) in [4.78, 5) is 2.36. The van der Waals surface area contributed by atoms with Crippen LogP contribution in [0.15, 0.2) is 72.8 Å². The Bertz CT molecular complexity index is 841. The van der Waals surface area contributed by atoms with Gasteiger partial charge in [0, 0.05) is 35.2 Å². The molecule has 3 N–H and O–H groups in total. The lowest BCUT2D eigenvalue weighted by Crippen LogP contribution is -2.22. The molecule has 3 rings (SSSR count). The Kier molecular flexibility index (Phi) is 6.51. The van der Waals surface area contributed by atoms with Crippen molar-refractivity contribution >= 4 is 29.0 Å². The van der Waals surface area contributed by atoms with Crippen molar-refractivity contribution in [1.82, 2.24) is 4.90 Å². The summed E-state index contributed by atoms with van der Waals surface area (Å²) >= 11 is 12.0. The molecule has 0 saturated heterocycles. The molecule has 0 aliphatic carbocycles. The zero-order valence-electron chi connectivity index (χ0n) is 14.8. The van der Waals surface area contributed by atoms with Crippen molar-refractivity contribution in [1.29, 1.82) is 5.41 Å². The predicted octanol–water partition coefficient (Wildman–Crippen LogP) is 5.48. The third kappa shape index (κ3) is 5.83. The molecular weight excluding hydrogens is 377 g/mol. The SMILES string of the molecule is N=C(N)c1ccc(CN(Cc2ccc(Cl)cc2)Cc2ccc(Cl)cc2)cc1. The molecule has 0 amide bonds. The zero-order chi connectivity index (χ0) is 19.2. The first-order valence-electron chi connectivity index (χ1n) is 8.64. The number of nitrogens with zero attached hydrogens (tertiary/aromatic N) is 1. The highest BCUT2D eigenvalue weighted by Crippen LogP contribution is 2.18. The van der Waals surface area contributed by atoms with Crippen LogP contribution in [0.3, 0.4) is 0 Å². The molecule has 3 aromatic carbocycles. The van der Waals surface area contributed by atoms with Crippen molar-refractivity contribution < 1.29 is 0 Å². The van der Waals surface area contributed by atoms with Gasteiger partial charge in [0.1, 0.15) is 5.84 Å². The van der Waals surface area contributed by atoms with Crippen LogP contribution in [0, 0.1) is 5.41 Å². The number of rotatable bonds is 7. The summed E-state index contributed by atoms with van der Waals surface area (Å²) in [5, 5.41) is 9.00. The van der Waals surface area contributed by atoms with Crippen molar-refractivity contribution in [3.8, 4) is 0 Å². The van der Waals surface area contributed by atoms with Gasteiger partial charge in [-0.3, -0.25) is 10.3 Å². The molecule has 0 heterocycles. The molecule has 0 unspecified atom stereocenters. The number of hydrogen-bond donors (Lipinski definition) is 2. The van der Waals surface area contributed by atoms with Gasteiger partial charge in [-0.15, -0.1) is 0 Å². The van der Waals surface area contributed by atoms with E-state index >= 15 is 0 Å². The van der Waals surface area contributed by atoms with Crippen molar-refractivity contribution in [2.75, 3.05) is 0 Å². The minimum absolute atomic E-state index is 0.0840. The van der Waals surface area contributed by atoms with Crippen LogP contribution in [-0.4, -0.2) is 10.7 Å². The van der Waals surface area contributed by atoms with Gasteiger partial charge in [-0.05, 0) is 41.0 Å². The van der Waals surface area contributed by atoms with Gasteiger partial charge in [-0.25, -0.2) is 0 Å². The fourth-order valence-electron chi connectivity index (χ4n) is 2.91. The fraction of sp³-hybridized carbons (Fsp3) is 0.136. The van der Waals surface area contributed by atoms with E-state index in [9.17, 15) is 0 Å². The van der Waals surface area contributed by atoms with Gasteiger partial charge in [-0.1, -0.05) is 71.7 Å². The highest BCUT2D eigenvalue weighted by molar-refractivity contribution is 6.30. The third-order valence-corrected chi connectivity index (χ3v) is 4.81. The number of amidine groups is 1. The Balaban J connectivity index is 1.78. The lowest BCUT2D eigenvalue weighted by molar-refractivity contribution is 0.247. The fourth-order valence-corrected chi connectivity index (χ4v) is 3.16. The van der Waals surface area contributed by atoms with Crippen LogP contribution in [-0.2, 0) is 19.6 Å². The second kappa shape index (κ2) is 9.05. The maximum Gasteiger partial charge on any atom is 0.122 e. The number of halogens is 2. The minimum Gasteiger partial charge on any atom is -0.384 e. The van der Waals surface area contributed by atoms with Gasteiger partial charge < -0.3 is 5.73 Å². The van der Waals surface area contributed by atoms with Gasteiger partial charge in [0.25, 0.3) is 0 Å². The van der Waals surface area contributed by atoms with Crippen molar-refractivity contribution in [3.05, 3.63) is 105 Å². The maximum absolute atomic E-state index is 7.52. The smallest absolute Gasteiger partial charge is 0.122 e. The molecule has 3 nitrogen and oxygen atoms in total. The van der Waals surface area contributed by atoms with Crippen molar-refractivity contribution in [2.45, 2.75) is 19.6 Å². The van der Waals surface area contributed by atoms with Crippen molar-refractivity contribution in [3.63, 3.8) is 0 Å². The maximum atomic E-state index is 7.52. The molecule has 138 valence electrons. The van der Waals surface area contributed by atoms with E-state index in [1.54, 1.807) is 0 Å². The van der Waals surface area contributed by atoms with Gasteiger partial charge in [0.15, 0.2) is 0 Å². The van der Waals surface area contributed by atoms with E-state index in [2.05, 4.69) is 29.2 Å². The molecular formula is C22H21Cl2N3. The lowest BCUT2D eigenvalue weighted by Gasteiger charge is -2.23. The van der Waals surface area contributed by atoms with E-state index in [0.29, 0.717) is 0 Å². The summed E-state index contributed by atoms with van der Waals surface area (Å²) in [7, 11) is 0. The van der Waals surface area contributed by atoms with E-state index < -0.39 is 0 Å². The predicted molar refractivity (Wildman–Crippen MR) is 113 cm³/mol. The van der Waals surface area contributed by atoms with E-state index in [1.807, 2.05) is 48.5 Å². The normalized spacial score (nSPS) is 10.9. The molecule has 0 fully saturated rings. The van der Waals surface area contributed by atoms with Crippen LogP contribution >= 0.6 is 23.2 Å². The van der Waals surface area contributed by atoms with Crippen LogP contribution < -0.4 is 5.73 Å². The molecule has 0 aromatic heterocycles. The molecule has 0 bridgehead atoms. The molecule has 0 spiro atoms. The standard InChI is InChI=1S/C22H21Cl2N3/c23-20-9-3-17(4-10-20)14-27(15-18-5-11-21(24)12-6-18)13-16-1-7-19(8-2-16)22(25)26/h1-12H,13-15H2,(H3,25,26). The number of nitrogens with two attached hydrogens (primary N) is 1. The molecule has 0 aliphatic heterocycles. The topological polar surface area (TPSA) is 53.1 Å². The first kappa shape index (κ1) is 19.4. The molecule has 27 heavy (non-hydrogen) atoms. The molecule has 0 radical (unpaired) electrons. The second-order valence-corrected chi connectivity index (χ2v) is 7.38. The monoisotopic (exact) mass is 397 g/mol. The van der Waals surface area contributed by atoms with Crippen LogP contribution in [0.2, 0.25) is 10.0 Å². The van der Waals surface area contributed by atoms with E-state index in [-0.39, 0.29) is 5.84 Å². The second-order valence-electron chi connectivity index (χ2n) is 6.51. The van der Waals surface area contributed by atoms with Crippen LogP contribution in [0.25, 0.3) is 0 Å². The summed E-state index contributed by atoms with van der Waals surface area (Å²) in [6, 6.07) is 23.7.